The molecule has 2 fully saturated rings. The molecule has 0 aliphatic carbocycles. The SMILES string of the molecule is CCN(CC)C(=O)C(C)N1CCCC2CNCC21. The molecular formula is C14H27N3O. The van der Waals surface area contributed by atoms with Crippen LogP contribution >= 0.6 is 0 Å². The van der Waals surface area contributed by atoms with Gasteiger partial charge in [0.1, 0.15) is 0 Å². The van der Waals surface area contributed by atoms with E-state index in [0.717, 1.165) is 38.6 Å². The van der Waals surface area contributed by atoms with Crippen LogP contribution in [-0.4, -0.2) is 60.5 Å². The van der Waals surface area contributed by atoms with Gasteiger partial charge in [-0.3, -0.25) is 9.69 Å². The Hall–Kier alpha value is -0.610. The molecule has 18 heavy (non-hydrogen) atoms. The Labute approximate surface area is 111 Å². The first-order chi connectivity index (χ1) is 8.69. The molecule has 4 nitrogen and oxygen atoms in total. The number of hydrogen-bond donors (Lipinski definition) is 1. The molecule has 0 aromatic heterocycles. The van der Waals surface area contributed by atoms with E-state index >= 15 is 0 Å². The van der Waals surface area contributed by atoms with Crippen molar-refractivity contribution in [2.75, 3.05) is 32.7 Å². The number of fused-ring (bicyclic) bond motifs is 1. The van der Waals surface area contributed by atoms with E-state index in [1.54, 1.807) is 0 Å². The maximum absolute atomic E-state index is 12.5. The van der Waals surface area contributed by atoms with Crippen LogP contribution in [0.5, 0.6) is 0 Å². The minimum absolute atomic E-state index is 0.0394. The van der Waals surface area contributed by atoms with Crippen molar-refractivity contribution in [3.63, 3.8) is 0 Å². The van der Waals surface area contributed by atoms with E-state index < -0.39 is 0 Å². The van der Waals surface area contributed by atoms with Gasteiger partial charge < -0.3 is 10.2 Å². The van der Waals surface area contributed by atoms with Crippen molar-refractivity contribution >= 4 is 5.91 Å². The van der Waals surface area contributed by atoms with Gasteiger partial charge in [-0.05, 0) is 52.6 Å². The van der Waals surface area contributed by atoms with Crippen molar-refractivity contribution in [1.82, 2.24) is 15.1 Å². The highest BCUT2D eigenvalue weighted by Crippen LogP contribution is 2.28. The molecule has 2 aliphatic rings. The lowest BCUT2D eigenvalue weighted by molar-refractivity contribution is -0.137. The average molecular weight is 253 g/mol. The number of nitrogens with one attached hydrogen (secondary N) is 1. The molecule has 0 aromatic rings. The molecule has 3 unspecified atom stereocenters. The third kappa shape index (κ3) is 2.54. The number of hydrogen-bond acceptors (Lipinski definition) is 3. The maximum atomic E-state index is 12.5. The molecule has 1 N–H and O–H groups in total. The van der Waals surface area contributed by atoms with Gasteiger partial charge in [0.2, 0.25) is 5.91 Å². The molecule has 0 radical (unpaired) electrons. The number of likely N-dealkylation sites (tertiary alicyclic amines) is 1. The standard InChI is InChI=1S/C14H27N3O/c1-4-16(5-2)14(18)11(3)17-8-6-7-12-9-15-10-13(12)17/h11-13,15H,4-10H2,1-3H3. The fourth-order valence-corrected chi connectivity index (χ4v) is 3.53. The lowest BCUT2D eigenvalue weighted by Crippen LogP contribution is -2.55. The van der Waals surface area contributed by atoms with Gasteiger partial charge in [0, 0.05) is 25.7 Å². The second-order valence-corrected chi connectivity index (χ2v) is 5.55. The highest BCUT2D eigenvalue weighted by Gasteiger charge is 2.39. The van der Waals surface area contributed by atoms with Gasteiger partial charge in [0.25, 0.3) is 0 Å². The Morgan fingerprint density at radius 1 is 1.39 bits per heavy atom. The third-order valence-corrected chi connectivity index (χ3v) is 4.65. The molecule has 1 amide bonds. The number of amides is 1. The van der Waals surface area contributed by atoms with E-state index in [1.165, 1.54) is 12.8 Å². The Morgan fingerprint density at radius 2 is 2.11 bits per heavy atom. The van der Waals surface area contributed by atoms with Crippen molar-refractivity contribution in [2.24, 2.45) is 5.92 Å². The van der Waals surface area contributed by atoms with Crippen LogP contribution < -0.4 is 5.32 Å². The summed E-state index contributed by atoms with van der Waals surface area (Å²) in [6, 6.07) is 0.617. The smallest absolute Gasteiger partial charge is 0.239 e. The van der Waals surface area contributed by atoms with Gasteiger partial charge in [-0.15, -0.1) is 0 Å². The van der Waals surface area contributed by atoms with Gasteiger partial charge in [-0.25, -0.2) is 0 Å². The Balaban J connectivity index is 2.03. The van der Waals surface area contributed by atoms with Gasteiger partial charge in [0.05, 0.1) is 6.04 Å². The molecule has 2 saturated heterocycles. The summed E-state index contributed by atoms with van der Waals surface area (Å²) < 4.78 is 0. The predicted octanol–water partition coefficient (Wildman–Crippen LogP) is 0.927. The van der Waals surface area contributed by atoms with Crippen molar-refractivity contribution in [2.45, 2.75) is 45.7 Å². The number of carbonyl (C=O) groups excluding carboxylic acids is 1. The number of piperidine rings is 1. The fourth-order valence-electron chi connectivity index (χ4n) is 3.53. The van der Waals surface area contributed by atoms with Gasteiger partial charge in [-0.2, -0.15) is 0 Å². The van der Waals surface area contributed by atoms with Crippen LogP contribution in [-0.2, 0) is 4.79 Å². The Kier molecular flexibility index (Phi) is 4.62. The molecule has 0 bridgehead atoms. The van der Waals surface area contributed by atoms with E-state index in [4.69, 9.17) is 0 Å². The third-order valence-electron chi connectivity index (χ3n) is 4.65. The topological polar surface area (TPSA) is 35.6 Å². The summed E-state index contributed by atoms with van der Waals surface area (Å²) in [6.07, 6.45) is 2.55. The lowest BCUT2D eigenvalue weighted by atomic mass is 9.90. The van der Waals surface area contributed by atoms with Crippen LogP contribution in [0.25, 0.3) is 0 Å². The molecule has 4 heteroatoms. The fraction of sp³-hybridized carbons (Fsp3) is 0.929. The highest BCUT2D eigenvalue weighted by atomic mass is 16.2. The van der Waals surface area contributed by atoms with E-state index in [0.29, 0.717) is 11.9 Å². The van der Waals surface area contributed by atoms with Crippen LogP contribution in [0.3, 0.4) is 0 Å². The minimum atomic E-state index is 0.0394. The van der Waals surface area contributed by atoms with Crippen LogP contribution in [0.4, 0.5) is 0 Å². The average Bonchev–Trinajstić information content (AvgIpc) is 2.87. The summed E-state index contributed by atoms with van der Waals surface area (Å²) in [6.45, 7) is 11.1. The summed E-state index contributed by atoms with van der Waals surface area (Å²) in [4.78, 5) is 16.9. The molecule has 104 valence electrons. The van der Waals surface area contributed by atoms with E-state index in [9.17, 15) is 4.79 Å². The van der Waals surface area contributed by atoms with E-state index in [2.05, 4.69) is 31.0 Å². The van der Waals surface area contributed by atoms with E-state index in [1.807, 2.05) is 4.90 Å². The zero-order valence-electron chi connectivity index (χ0n) is 12.0. The first kappa shape index (κ1) is 13.8. The first-order valence-electron chi connectivity index (χ1n) is 7.44. The van der Waals surface area contributed by atoms with Crippen molar-refractivity contribution in [1.29, 1.82) is 0 Å². The van der Waals surface area contributed by atoms with Crippen molar-refractivity contribution < 1.29 is 4.79 Å². The summed E-state index contributed by atoms with van der Waals surface area (Å²) in [7, 11) is 0. The number of rotatable bonds is 4. The zero-order chi connectivity index (χ0) is 13.1. The van der Waals surface area contributed by atoms with Crippen LogP contribution in [0.2, 0.25) is 0 Å². The summed E-state index contributed by atoms with van der Waals surface area (Å²) in [5.41, 5.74) is 0. The predicted molar refractivity (Wildman–Crippen MR) is 73.5 cm³/mol. The Bertz CT molecular complexity index is 291. The molecule has 0 aromatic carbocycles. The minimum Gasteiger partial charge on any atom is -0.342 e. The number of carbonyl (C=O) groups is 1. The van der Waals surface area contributed by atoms with Crippen LogP contribution in [0, 0.1) is 5.92 Å². The lowest BCUT2D eigenvalue weighted by Gasteiger charge is -2.41. The molecule has 2 aliphatic heterocycles. The summed E-state index contributed by atoms with van der Waals surface area (Å²) >= 11 is 0. The summed E-state index contributed by atoms with van der Waals surface area (Å²) in [5.74, 6) is 1.05. The highest BCUT2D eigenvalue weighted by molar-refractivity contribution is 5.81. The molecule has 0 saturated carbocycles. The molecule has 2 heterocycles. The van der Waals surface area contributed by atoms with Gasteiger partial charge in [0.15, 0.2) is 0 Å². The van der Waals surface area contributed by atoms with Crippen molar-refractivity contribution in [3.8, 4) is 0 Å². The second-order valence-electron chi connectivity index (χ2n) is 5.55. The monoisotopic (exact) mass is 253 g/mol. The Morgan fingerprint density at radius 3 is 2.78 bits per heavy atom. The molecule has 2 rings (SSSR count). The maximum Gasteiger partial charge on any atom is 0.239 e. The van der Waals surface area contributed by atoms with Crippen LogP contribution in [0.1, 0.15) is 33.6 Å². The largest absolute Gasteiger partial charge is 0.342 e. The first-order valence-corrected chi connectivity index (χ1v) is 7.44. The van der Waals surface area contributed by atoms with E-state index in [-0.39, 0.29) is 6.04 Å². The zero-order valence-corrected chi connectivity index (χ0v) is 12.0. The summed E-state index contributed by atoms with van der Waals surface area (Å²) in [5, 5.41) is 3.48. The van der Waals surface area contributed by atoms with Crippen LogP contribution in [0.15, 0.2) is 0 Å². The van der Waals surface area contributed by atoms with Crippen molar-refractivity contribution in [3.05, 3.63) is 0 Å². The number of likely N-dealkylation sites (N-methyl/N-ethyl adjacent to an activating group) is 1. The van der Waals surface area contributed by atoms with Gasteiger partial charge in [-0.1, -0.05) is 0 Å². The molecule has 3 atom stereocenters. The quantitative estimate of drug-likeness (QED) is 0.809. The molecular weight excluding hydrogens is 226 g/mol. The number of nitrogens with zero attached hydrogens (tertiary/aromatic N) is 2. The second kappa shape index (κ2) is 6.02. The molecule has 0 spiro atoms. The normalized spacial score (nSPS) is 29.9. The van der Waals surface area contributed by atoms with Gasteiger partial charge >= 0.3 is 0 Å².